The molecule has 2 aromatic rings. The summed E-state index contributed by atoms with van der Waals surface area (Å²) < 4.78 is 11.9. The normalized spacial score (nSPS) is 17.9. The molecule has 1 aliphatic rings. The van der Waals surface area contributed by atoms with E-state index in [1.54, 1.807) is 6.20 Å². The van der Waals surface area contributed by atoms with Crippen LogP contribution < -0.4 is 5.32 Å². The molecule has 122 valence electrons. The van der Waals surface area contributed by atoms with Gasteiger partial charge in [0.1, 0.15) is 12.2 Å². The molecule has 6 nitrogen and oxygen atoms in total. The van der Waals surface area contributed by atoms with Crippen LogP contribution in [0.5, 0.6) is 0 Å². The number of hydrogen-bond donors (Lipinski definition) is 1. The third kappa shape index (κ3) is 3.31. The second-order valence-corrected chi connectivity index (χ2v) is 6.67. The molecule has 0 saturated carbocycles. The summed E-state index contributed by atoms with van der Waals surface area (Å²) in [6.07, 6.45) is 1.57. The van der Waals surface area contributed by atoms with Crippen LogP contribution >= 0.6 is 0 Å². The van der Waals surface area contributed by atoms with E-state index in [-0.39, 0.29) is 6.04 Å². The van der Waals surface area contributed by atoms with Gasteiger partial charge in [-0.05, 0) is 38.8 Å². The van der Waals surface area contributed by atoms with E-state index in [1.165, 1.54) is 4.57 Å². The Morgan fingerprint density at radius 3 is 2.78 bits per heavy atom. The SMILES string of the molecule is CC(C)(C)OC(=O)n1cc(CC2COC(=O)N2)c2ccccc21. The summed E-state index contributed by atoms with van der Waals surface area (Å²) in [6, 6.07) is 7.57. The molecule has 1 amide bonds. The first-order valence-electron chi connectivity index (χ1n) is 7.59. The lowest BCUT2D eigenvalue weighted by Crippen LogP contribution is -2.28. The topological polar surface area (TPSA) is 69.6 Å². The maximum Gasteiger partial charge on any atom is 0.419 e. The van der Waals surface area contributed by atoms with E-state index in [0.717, 1.165) is 16.5 Å². The molecule has 1 saturated heterocycles. The first kappa shape index (κ1) is 15.4. The minimum Gasteiger partial charge on any atom is -0.447 e. The van der Waals surface area contributed by atoms with Gasteiger partial charge in [0, 0.05) is 11.6 Å². The van der Waals surface area contributed by atoms with Gasteiger partial charge in [0.2, 0.25) is 0 Å². The monoisotopic (exact) mass is 316 g/mol. The highest BCUT2D eigenvalue weighted by Crippen LogP contribution is 2.24. The van der Waals surface area contributed by atoms with Crippen LogP contribution in [0.15, 0.2) is 30.5 Å². The molecule has 1 aliphatic heterocycles. The van der Waals surface area contributed by atoms with Crippen molar-refractivity contribution < 1.29 is 19.1 Å². The van der Waals surface area contributed by atoms with E-state index >= 15 is 0 Å². The van der Waals surface area contributed by atoms with Crippen molar-refractivity contribution in [3.05, 3.63) is 36.0 Å². The summed E-state index contributed by atoms with van der Waals surface area (Å²) in [5, 5.41) is 3.73. The van der Waals surface area contributed by atoms with Crippen molar-refractivity contribution in [2.24, 2.45) is 0 Å². The van der Waals surface area contributed by atoms with Crippen molar-refractivity contribution in [3.63, 3.8) is 0 Å². The highest BCUT2D eigenvalue weighted by atomic mass is 16.6. The van der Waals surface area contributed by atoms with Crippen LogP contribution in [0.1, 0.15) is 26.3 Å². The van der Waals surface area contributed by atoms with Crippen molar-refractivity contribution in [2.75, 3.05) is 6.61 Å². The Bertz CT molecular complexity index is 758. The van der Waals surface area contributed by atoms with Crippen LogP contribution in [0.4, 0.5) is 9.59 Å². The van der Waals surface area contributed by atoms with Crippen LogP contribution in [-0.4, -0.2) is 35.0 Å². The lowest BCUT2D eigenvalue weighted by molar-refractivity contribution is 0.0544. The number of hydrogen-bond acceptors (Lipinski definition) is 4. The molecule has 1 aromatic carbocycles. The third-order valence-corrected chi connectivity index (χ3v) is 3.59. The zero-order valence-corrected chi connectivity index (χ0v) is 13.5. The molecule has 0 aliphatic carbocycles. The second-order valence-electron chi connectivity index (χ2n) is 6.67. The Morgan fingerprint density at radius 2 is 2.13 bits per heavy atom. The number of ether oxygens (including phenoxy) is 2. The molecule has 1 N–H and O–H groups in total. The number of nitrogens with one attached hydrogen (secondary N) is 1. The number of para-hydroxylation sites is 1. The van der Waals surface area contributed by atoms with Gasteiger partial charge in [0.25, 0.3) is 0 Å². The highest BCUT2D eigenvalue weighted by Gasteiger charge is 2.25. The van der Waals surface area contributed by atoms with Crippen molar-refractivity contribution in [1.29, 1.82) is 0 Å². The number of benzene rings is 1. The fraction of sp³-hybridized carbons (Fsp3) is 0.412. The number of nitrogens with zero attached hydrogens (tertiary/aromatic N) is 1. The number of aromatic nitrogens is 1. The molecule has 1 atom stereocenters. The molecular formula is C17H20N2O4. The molecular weight excluding hydrogens is 296 g/mol. The maximum absolute atomic E-state index is 12.4. The minimum absolute atomic E-state index is 0.0830. The summed E-state index contributed by atoms with van der Waals surface area (Å²) >= 11 is 0. The fourth-order valence-electron chi connectivity index (χ4n) is 2.68. The molecule has 1 fully saturated rings. The number of carbonyl (C=O) groups is 2. The van der Waals surface area contributed by atoms with Crippen molar-refractivity contribution in [2.45, 2.75) is 38.8 Å². The van der Waals surface area contributed by atoms with E-state index in [0.29, 0.717) is 13.0 Å². The van der Waals surface area contributed by atoms with Gasteiger partial charge in [0.05, 0.1) is 11.6 Å². The van der Waals surface area contributed by atoms with Crippen molar-refractivity contribution >= 4 is 23.1 Å². The van der Waals surface area contributed by atoms with Gasteiger partial charge in [-0.25, -0.2) is 9.59 Å². The molecule has 3 rings (SSSR count). The number of cyclic esters (lactones) is 1. The Hall–Kier alpha value is -2.50. The highest BCUT2D eigenvalue weighted by molar-refractivity contribution is 5.92. The van der Waals surface area contributed by atoms with Gasteiger partial charge in [-0.3, -0.25) is 4.57 Å². The van der Waals surface area contributed by atoms with E-state index in [1.807, 2.05) is 45.0 Å². The van der Waals surface area contributed by atoms with Crippen LogP contribution in [-0.2, 0) is 15.9 Å². The predicted octanol–water partition coefficient (Wildman–Crippen LogP) is 3.08. The lowest BCUT2D eigenvalue weighted by atomic mass is 10.1. The smallest absolute Gasteiger partial charge is 0.419 e. The molecule has 1 unspecified atom stereocenters. The number of carbonyl (C=O) groups excluding carboxylic acids is 2. The molecule has 0 spiro atoms. The van der Waals surface area contributed by atoms with Gasteiger partial charge in [0.15, 0.2) is 0 Å². The Morgan fingerprint density at radius 1 is 1.39 bits per heavy atom. The minimum atomic E-state index is -0.560. The number of rotatable bonds is 2. The molecule has 6 heteroatoms. The average molecular weight is 316 g/mol. The van der Waals surface area contributed by atoms with E-state index in [2.05, 4.69) is 5.32 Å². The largest absolute Gasteiger partial charge is 0.447 e. The standard InChI is InChI=1S/C17H20N2O4/c1-17(2,3)23-16(21)19-9-11(8-12-10-22-15(20)18-12)13-6-4-5-7-14(13)19/h4-7,9,12H,8,10H2,1-3H3,(H,18,20). The molecule has 0 radical (unpaired) electrons. The number of alkyl carbamates (subject to hydrolysis) is 1. The quantitative estimate of drug-likeness (QED) is 0.924. The van der Waals surface area contributed by atoms with Crippen LogP contribution in [0.25, 0.3) is 10.9 Å². The van der Waals surface area contributed by atoms with E-state index in [4.69, 9.17) is 9.47 Å². The number of fused-ring (bicyclic) bond motifs is 1. The summed E-state index contributed by atoms with van der Waals surface area (Å²) in [5.41, 5.74) is 1.21. The van der Waals surface area contributed by atoms with Gasteiger partial charge in [-0.15, -0.1) is 0 Å². The van der Waals surface area contributed by atoms with E-state index in [9.17, 15) is 9.59 Å². The number of amides is 1. The Labute approximate surface area is 134 Å². The zero-order valence-electron chi connectivity index (χ0n) is 13.5. The summed E-state index contributed by atoms with van der Waals surface area (Å²) in [6.45, 7) is 5.85. The summed E-state index contributed by atoms with van der Waals surface area (Å²) in [4.78, 5) is 23.6. The van der Waals surface area contributed by atoms with Gasteiger partial charge in [-0.1, -0.05) is 18.2 Å². The zero-order chi connectivity index (χ0) is 16.6. The van der Waals surface area contributed by atoms with Gasteiger partial charge >= 0.3 is 12.2 Å². The predicted molar refractivity (Wildman–Crippen MR) is 85.5 cm³/mol. The average Bonchev–Trinajstić information content (AvgIpc) is 3.02. The molecule has 1 aromatic heterocycles. The molecule has 0 bridgehead atoms. The van der Waals surface area contributed by atoms with Gasteiger partial charge in [-0.2, -0.15) is 0 Å². The maximum atomic E-state index is 12.4. The molecule has 2 heterocycles. The molecule has 23 heavy (non-hydrogen) atoms. The second kappa shape index (κ2) is 5.61. The Kier molecular flexibility index (Phi) is 3.75. The summed E-state index contributed by atoms with van der Waals surface area (Å²) in [7, 11) is 0. The first-order chi connectivity index (χ1) is 10.8. The van der Waals surface area contributed by atoms with Crippen LogP contribution in [0, 0.1) is 0 Å². The summed E-state index contributed by atoms with van der Waals surface area (Å²) in [5.74, 6) is 0. The van der Waals surface area contributed by atoms with Crippen LogP contribution in [0.3, 0.4) is 0 Å². The Balaban J connectivity index is 1.93. The lowest BCUT2D eigenvalue weighted by Gasteiger charge is -2.19. The third-order valence-electron chi connectivity index (χ3n) is 3.59. The van der Waals surface area contributed by atoms with Crippen molar-refractivity contribution in [1.82, 2.24) is 9.88 Å². The van der Waals surface area contributed by atoms with Crippen molar-refractivity contribution in [3.8, 4) is 0 Å². The van der Waals surface area contributed by atoms with Crippen LogP contribution in [0.2, 0.25) is 0 Å². The van der Waals surface area contributed by atoms with E-state index < -0.39 is 17.8 Å². The fourth-order valence-corrected chi connectivity index (χ4v) is 2.68. The van der Waals surface area contributed by atoms with Gasteiger partial charge < -0.3 is 14.8 Å². The first-order valence-corrected chi connectivity index (χ1v) is 7.59.